The number of carbonyl (C=O) groups is 2. The van der Waals surface area contributed by atoms with Crippen LogP contribution in [0.5, 0.6) is 0 Å². The molecule has 1 amide bonds. The van der Waals surface area contributed by atoms with Gasteiger partial charge < -0.3 is 14.8 Å². The summed E-state index contributed by atoms with van der Waals surface area (Å²) in [5.74, 6) is -1.85. The van der Waals surface area contributed by atoms with Crippen molar-refractivity contribution in [1.29, 1.82) is 0 Å². The Bertz CT molecular complexity index is 519. The van der Waals surface area contributed by atoms with E-state index in [9.17, 15) is 22.6 Å². The van der Waals surface area contributed by atoms with Crippen LogP contribution in [0.15, 0.2) is 23.9 Å². The lowest BCUT2D eigenvalue weighted by Crippen LogP contribution is -2.31. The predicted octanol–water partition coefficient (Wildman–Crippen LogP) is 0.0187. The van der Waals surface area contributed by atoms with Crippen LogP contribution in [0, 0.1) is 0 Å². The fraction of sp³-hybridized carbons (Fsp3) is 0.538. The van der Waals surface area contributed by atoms with E-state index in [1.165, 1.54) is 13.0 Å². The van der Waals surface area contributed by atoms with Gasteiger partial charge in [0.15, 0.2) is 5.78 Å². The van der Waals surface area contributed by atoms with Gasteiger partial charge in [0.25, 0.3) is 5.91 Å². The highest BCUT2D eigenvalue weighted by atomic mass is 32.2. The summed E-state index contributed by atoms with van der Waals surface area (Å²) < 4.78 is 31.3. The molecule has 0 aliphatic heterocycles. The van der Waals surface area contributed by atoms with Crippen molar-refractivity contribution in [3.05, 3.63) is 23.9 Å². The summed E-state index contributed by atoms with van der Waals surface area (Å²) in [5, 5.41) is 2.23. The van der Waals surface area contributed by atoms with Crippen LogP contribution in [-0.4, -0.2) is 54.9 Å². The second-order valence-electron chi connectivity index (χ2n) is 4.22. The topological polar surface area (TPSA) is 107 Å². The number of nitrogens with zero attached hydrogens (tertiary/aromatic N) is 1. The average molecular weight is 317 g/mol. The third-order valence-electron chi connectivity index (χ3n) is 2.63. The molecule has 0 aromatic heterocycles. The second kappa shape index (κ2) is 9.30. The normalized spacial score (nSPS) is 12.5. The summed E-state index contributed by atoms with van der Waals surface area (Å²) in [7, 11) is -4.39. The van der Waals surface area contributed by atoms with E-state index in [1.807, 2.05) is 18.7 Å². The lowest BCUT2D eigenvalue weighted by molar-refractivity contribution is -0.121. The molecule has 8 heteroatoms. The molecule has 21 heavy (non-hydrogen) atoms. The molecular weight excluding hydrogens is 296 g/mol. The van der Waals surface area contributed by atoms with E-state index in [-0.39, 0.29) is 12.1 Å². The largest absolute Gasteiger partial charge is 0.748 e. The van der Waals surface area contributed by atoms with Crippen molar-refractivity contribution >= 4 is 21.8 Å². The number of allylic oxidation sites excluding steroid dienone is 2. The molecule has 120 valence electrons. The van der Waals surface area contributed by atoms with E-state index < -0.39 is 27.6 Å². The van der Waals surface area contributed by atoms with Gasteiger partial charge in [0, 0.05) is 19.6 Å². The Morgan fingerprint density at radius 2 is 1.81 bits per heavy atom. The number of amides is 1. The van der Waals surface area contributed by atoms with Crippen molar-refractivity contribution < 1.29 is 22.6 Å². The smallest absolute Gasteiger partial charge is 0.254 e. The molecule has 0 aromatic carbocycles. The quantitative estimate of drug-likeness (QED) is 0.211. The average Bonchev–Trinajstić information content (AvgIpc) is 2.36. The zero-order chi connectivity index (χ0) is 16.5. The van der Waals surface area contributed by atoms with Crippen LogP contribution in [0.3, 0.4) is 0 Å². The summed E-state index contributed by atoms with van der Waals surface area (Å²) in [4.78, 5) is 25.1. The number of ketones is 1. The summed E-state index contributed by atoms with van der Waals surface area (Å²) >= 11 is 0. The minimum Gasteiger partial charge on any atom is -0.748 e. The molecule has 0 bridgehead atoms. The Morgan fingerprint density at radius 3 is 2.24 bits per heavy atom. The van der Waals surface area contributed by atoms with Crippen molar-refractivity contribution in [3.63, 3.8) is 0 Å². The van der Waals surface area contributed by atoms with Crippen molar-refractivity contribution in [1.82, 2.24) is 10.2 Å². The Balaban J connectivity index is 4.74. The first-order chi connectivity index (χ1) is 9.71. The summed E-state index contributed by atoms with van der Waals surface area (Å²) in [6.07, 6.45) is 4.69. The zero-order valence-electron chi connectivity index (χ0n) is 12.5. The van der Waals surface area contributed by atoms with Crippen LogP contribution in [0.2, 0.25) is 0 Å². The Labute approximate surface area is 125 Å². The highest BCUT2D eigenvalue weighted by molar-refractivity contribution is 7.85. The number of rotatable bonds is 9. The molecule has 0 rings (SSSR count). The fourth-order valence-electron chi connectivity index (χ4n) is 1.43. The fourth-order valence-corrected chi connectivity index (χ4v) is 1.79. The lowest BCUT2D eigenvalue weighted by atomic mass is 10.1. The first kappa shape index (κ1) is 19.3. The van der Waals surface area contributed by atoms with Crippen molar-refractivity contribution in [3.8, 4) is 0 Å². The van der Waals surface area contributed by atoms with E-state index in [1.54, 1.807) is 12.3 Å². The summed E-state index contributed by atoms with van der Waals surface area (Å²) in [6.45, 7) is 6.45. The van der Waals surface area contributed by atoms with E-state index >= 15 is 0 Å². The van der Waals surface area contributed by atoms with E-state index in [4.69, 9.17) is 0 Å². The lowest BCUT2D eigenvalue weighted by Gasteiger charge is -2.14. The first-order valence-electron chi connectivity index (χ1n) is 6.56. The van der Waals surface area contributed by atoms with Gasteiger partial charge in [-0.1, -0.05) is 0 Å². The molecular formula is C13H21N2O5S-. The molecule has 0 aliphatic rings. The van der Waals surface area contributed by atoms with Gasteiger partial charge in [-0.3, -0.25) is 9.59 Å². The maximum absolute atomic E-state index is 11.7. The van der Waals surface area contributed by atoms with E-state index in [0.29, 0.717) is 0 Å². The molecule has 7 nitrogen and oxygen atoms in total. The van der Waals surface area contributed by atoms with Crippen LogP contribution in [-0.2, 0) is 19.7 Å². The van der Waals surface area contributed by atoms with Gasteiger partial charge in [-0.25, -0.2) is 8.42 Å². The van der Waals surface area contributed by atoms with Gasteiger partial charge in [-0.05, 0) is 39.1 Å². The molecule has 0 radical (unpaired) electrons. The maximum Gasteiger partial charge on any atom is 0.254 e. The van der Waals surface area contributed by atoms with Crippen LogP contribution >= 0.6 is 0 Å². The zero-order valence-corrected chi connectivity index (χ0v) is 13.3. The van der Waals surface area contributed by atoms with Crippen LogP contribution < -0.4 is 5.32 Å². The van der Waals surface area contributed by atoms with Crippen LogP contribution in [0.4, 0.5) is 0 Å². The first-order valence-corrected chi connectivity index (χ1v) is 8.14. The molecule has 0 aliphatic carbocycles. The van der Waals surface area contributed by atoms with Crippen molar-refractivity contribution in [2.45, 2.75) is 20.8 Å². The monoisotopic (exact) mass is 317 g/mol. The Kier molecular flexibility index (Phi) is 8.56. The van der Waals surface area contributed by atoms with Gasteiger partial charge in [-0.15, -0.1) is 0 Å². The third-order valence-corrected chi connectivity index (χ3v) is 3.34. The second-order valence-corrected chi connectivity index (χ2v) is 5.74. The molecule has 0 spiro atoms. The van der Waals surface area contributed by atoms with E-state index in [0.717, 1.165) is 13.1 Å². The molecule has 0 unspecified atom stereocenters. The van der Waals surface area contributed by atoms with Crippen LogP contribution in [0.1, 0.15) is 20.8 Å². The van der Waals surface area contributed by atoms with Gasteiger partial charge >= 0.3 is 0 Å². The maximum atomic E-state index is 11.7. The van der Waals surface area contributed by atoms with Gasteiger partial charge in [0.2, 0.25) is 0 Å². The third kappa shape index (κ3) is 8.98. The molecule has 0 saturated heterocycles. The number of carbonyl (C=O) groups excluding carboxylic acids is 2. The number of Topliss-reactive ketones (excluding diaryl/α,β-unsaturated/α-hetero) is 1. The number of hydrogen-bond acceptors (Lipinski definition) is 6. The summed E-state index contributed by atoms with van der Waals surface area (Å²) in [5.41, 5.74) is -0.0956. The van der Waals surface area contributed by atoms with E-state index in [2.05, 4.69) is 5.32 Å². The Hall–Kier alpha value is -1.67. The minimum atomic E-state index is -4.39. The molecule has 0 heterocycles. The molecule has 0 aromatic rings. The molecule has 0 fully saturated rings. The predicted molar refractivity (Wildman–Crippen MR) is 78.4 cm³/mol. The number of hydrogen-bond donors (Lipinski definition) is 1. The standard InChI is InChI=1S/C13H22N2O5S/c1-4-15(5-2)9-6-7-12(11(3)16)13(17)14-8-10-21(18,19)20/h6-7,9H,4-5,8,10H2,1-3H3,(H,14,17)(H,18,19,20)/p-1/b9-6+,12-7+. The Morgan fingerprint density at radius 1 is 1.24 bits per heavy atom. The van der Waals surface area contributed by atoms with Crippen LogP contribution in [0.25, 0.3) is 0 Å². The SMILES string of the molecule is CCN(/C=C/C=C(\C(C)=O)C(=O)NCCS(=O)(=O)[O-])CC. The molecule has 0 saturated carbocycles. The number of nitrogens with one attached hydrogen (secondary N) is 1. The van der Waals surface area contributed by atoms with Crippen molar-refractivity contribution in [2.24, 2.45) is 0 Å². The van der Waals surface area contributed by atoms with Gasteiger partial charge in [0.05, 0.1) is 21.4 Å². The summed E-state index contributed by atoms with van der Waals surface area (Å²) in [6, 6.07) is 0. The highest BCUT2D eigenvalue weighted by Crippen LogP contribution is 1.99. The highest BCUT2D eigenvalue weighted by Gasteiger charge is 2.13. The minimum absolute atomic E-state index is 0.0956. The van der Waals surface area contributed by atoms with Gasteiger partial charge in [-0.2, -0.15) is 0 Å². The molecule has 1 N–H and O–H groups in total. The van der Waals surface area contributed by atoms with Gasteiger partial charge in [0.1, 0.15) is 0 Å². The van der Waals surface area contributed by atoms with Crippen molar-refractivity contribution in [2.75, 3.05) is 25.4 Å². The molecule has 0 atom stereocenters.